The molecule has 0 saturated carbocycles. The lowest BCUT2D eigenvalue weighted by molar-refractivity contribution is 0.0966. The van der Waals surface area contributed by atoms with Crippen LogP contribution in [-0.2, 0) is 6.54 Å². The van der Waals surface area contributed by atoms with Crippen molar-refractivity contribution in [1.29, 1.82) is 0 Å². The fourth-order valence-electron chi connectivity index (χ4n) is 3.94. The molecule has 0 spiro atoms. The number of carbonyl (C=O) groups is 1. The maximum atomic E-state index is 11.8. The molecule has 5 rings (SSSR count). The van der Waals surface area contributed by atoms with Crippen molar-refractivity contribution >= 4 is 28.9 Å². The first kappa shape index (κ1) is 19.0. The Morgan fingerprint density at radius 2 is 1.97 bits per heavy atom. The molecule has 1 aliphatic rings. The van der Waals surface area contributed by atoms with E-state index in [1.54, 1.807) is 6.20 Å². The zero-order chi connectivity index (χ0) is 21.4. The van der Waals surface area contributed by atoms with E-state index in [0.717, 1.165) is 52.6 Å². The van der Waals surface area contributed by atoms with Gasteiger partial charge in [0.1, 0.15) is 5.82 Å². The summed E-state index contributed by atoms with van der Waals surface area (Å²) in [5, 5.41) is 6.19. The van der Waals surface area contributed by atoms with Gasteiger partial charge >= 0.3 is 0 Å². The Morgan fingerprint density at radius 3 is 2.74 bits per heavy atom. The monoisotopic (exact) mass is 413 g/mol. The molecule has 0 bridgehead atoms. The molecule has 0 atom stereocenters. The van der Waals surface area contributed by atoms with Crippen LogP contribution in [-0.4, -0.2) is 38.3 Å². The van der Waals surface area contributed by atoms with Gasteiger partial charge in [-0.05, 0) is 43.7 Å². The second-order valence-electron chi connectivity index (χ2n) is 7.37. The summed E-state index contributed by atoms with van der Waals surface area (Å²) in [6, 6.07) is 9.85. The third-order valence-electron chi connectivity index (χ3n) is 5.61. The lowest BCUT2D eigenvalue weighted by atomic mass is 10.0. The fraction of sp³-hybridized carbons (Fsp3) is 0.217. The van der Waals surface area contributed by atoms with E-state index in [1.165, 1.54) is 0 Å². The van der Waals surface area contributed by atoms with Gasteiger partial charge in [-0.1, -0.05) is 6.07 Å². The number of amides is 1. The van der Waals surface area contributed by atoms with Gasteiger partial charge in [0.25, 0.3) is 5.91 Å². The average Bonchev–Trinajstić information content (AvgIpc) is 3.43. The number of fused-ring (bicyclic) bond motifs is 2. The van der Waals surface area contributed by atoms with Crippen molar-refractivity contribution in [2.75, 3.05) is 23.3 Å². The van der Waals surface area contributed by atoms with Crippen LogP contribution in [0.4, 0.5) is 17.3 Å². The lowest BCUT2D eigenvalue weighted by Gasteiger charge is -2.19. The highest BCUT2D eigenvalue weighted by molar-refractivity contribution is 5.98. The summed E-state index contributed by atoms with van der Waals surface area (Å²) in [7, 11) is 0. The van der Waals surface area contributed by atoms with Gasteiger partial charge in [0.15, 0.2) is 11.5 Å². The highest BCUT2D eigenvalue weighted by Gasteiger charge is 2.20. The molecule has 4 heterocycles. The Kier molecular flexibility index (Phi) is 4.74. The van der Waals surface area contributed by atoms with E-state index in [1.807, 2.05) is 53.3 Å². The minimum Gasteiger partial charge on any atom is -0.357 e. The first-order valence-corrected chi connectivity index (χ1v) is 10.4. The number of pyridine rings is 1. The molecule has 1 amide bonds. The Hall–Kier alpha value is -3.94. The summed E-state index contributed by atoms with van der Waals surface area (Å²) >= 11 is 0. The van der Waals surface area contributed by atoms with Crippen LogP contribution >= 0.6 is 0 Å². The van der Waals surface area contributed by atoms with Crippen molar-refractivity contribution in [3.05, 3.63) is 66.2 Å². The highest BCUT2D eigenvalue weighted by Crippen LogP contribution is 2.28. The minimum atomic E-state index is -0.0207. The van der Waals surface area contributed by atoms with Gasteiger partial charge in [-0.3, -0.25) is 9.20 Å². The summed E-state index contributed by atoms with van der Waals surface area (Å²) in [6.45, 7) is 6.63. The van der Waals surface area contributed by atoms with Crippen molar-refractivity contribution in [1.82, 2.24) is 24.7 Å². The van der Waals surface area contributed by atoms with Gasteiger partial charge in [0, 0.05) is 43.2 Å². The highest BCUT2D eigenvalue weighted by atomic mass is 16.1. The van der Waals surface area contributed by atoms with Crippen molar-refractivity contribution in [3.63, 3.8) is 0 Å². The van der Waals surface area contributed by atoms with Gasteiger partial charge in [0.05, 0.1) is 23.8 Å². The van der Waals surface area contributed by atoms with Crippen LogP contribution in [0.15, 0.2) is 55.1 Å². The largest absolute Gasteiger partial charge is 0.357 e. The lowest BCUT2D eigenvalue weighted by Crippen LogP contribution is -2.22. The number of anilines is 3. The van der Waals surface area contributed by atoms with E-state index in [2.05, 4.69) is 44.3 Å². The maximum absolute atomic E-state index is 11.8. The van der Waals surface area contributed by atoms with Crippen LogP contribution in [0.1, 0.15) is 29.8 Å². The van der Waals surface area contributed by atoms with Gasteiger partial charge in [0.2, 0.25) is 0 Å². The molecule has 8 nitrogen and oxygen atoms in total. The number of hydrogen-bond donors (Lipinski definition) is 2. The zero-order valence-corrected chi connectivity index (χ0v) is 17.5. The first-order chi connectivity index (χ1) is 15.2. The van der Waals surface area contributed by atoms with E-state index >= 15 is 0 Å². The number of hydrogen-bond acceptors (Lipinski definition) is 6. The Bertz CT molecular complexity index is 1260. The molecule has 0 aliphatic carbocycles. The Morgan fingerprint density at radius 1 is 1.10 bits per heavy atom. The maximum Gasteiger partial charge on any atom is 0.251 e. The van der Waals surface area contributed by atoms with Crippen LogP contribution in [0.2, 0.25) is 0 Å². The van der Waals surface area contributed by atoms with Crippen molar-refractivity contribution in [2.24, 2.45) is 0 Å². The minimum absolute atomic E-state index is 0.0207. The van der Waals surface area contributed by atoms with E-state index in [-0.39, 0.29) is 5.91 Å². The van der Waals surface area contributed by atoms with Crippen molar-refractivity contribution < 1.29 is 4.79 Å². The van der Waals surface area contributed by atoms with Crippen molar-refractivity contribution in [3.8, 4) is 11.3 Å². The molecule has 0 unspecified atom stereocenters. The molecule has 1 aliphatic heterocycles. The van der Waals surface area contributed by atoms with E-state index < -0.39 is 0 Å². The predicted octanol–water partition coefficient (Wildman–Crippen LogP) is 3.62. The normalized spacial score (nSPS) is 12.6. The molecular formula is C23H23N7O. The molecule has 1 aromatic carbocycles. The fourth-order valence-corrected chi connectivity index (χ4v) is 3.94. The number of imidazole rings is 1. The molecule has 0 saturated heterocycles. The van der Waals surface area contributed by atoms with Gasteiger partial charge < -0.3 is 15.5 Å². The quantitative estimate of drug-likeness (QED) is 0.502. The Balaban J connectivity index is 1.46. The summed E-state index contributed by atoms with van der Waals surface area (Å²) in [5.41, 5.74) is 5.20. The van der Waals surface area contributed by atoms with Gasteiger partial charge in [-0.15, -0.1) is 0 Å². The van der Waals surface area contributed by atoms with Crippen LogP contribution in [0.5, 0.6) is 0 Å². The molecule has 2 N–H and O–H groups in total. The number of aromatic nitrogens is 4. The number of nitrogens with one attached hydrogen (secondary N) is 2. The average molecular weight is 413 g/mol. The summed E-state index contributed by atoms with van der Waals surface area (Å²) < 4.78 is 2.00. The standard InChI is InChI=1S/C23H23N7O/c1-3-29(4-2)20-8-6-17(13-25-20)28-21-22-24-9-10-30(22)19(14-26-21)15-5-7-18-16(11-15)12-27-23(18)31/h5-11,13-14H,3-4,12H2,1-2H3,(H,26,28)(H,27,31). The van der Waals surface area contributed by atoms with Crippen LogP contribution in [0.25, 0.3) is 16.9 Å². The van der Waals surface area contributed by atoms with Crippen LogP contribution in [0, 0.1) is 0 Å². The second kappa shape index (κ2) is 7.71. The third-order valence-corrected chi connectivity index (χ3v) is 5.61. The van der Waals surface area contributed by atoms with E-state index in [4.69, 9.17) is 0 Å². The predicted molar refractivity (Wildman–Crippen MR) is 121 cm³/mol. The molecule has 4 aromatic rings. The van der Waals surface area contributed by atoms with Crippen LogP contribution < -0.4 is 15.5 Å². The molecular weight excluding hydrogens is 390 g/mol. The van der Waals surface area contributed by atoms with E-state index in [9.17, 15) is 4.79 Å². The third kappa shape index (κ3) is 3.35. The summed E-state index contributed by atoms with van der Waals surface area (Å²) in [4.78, 5) is 27.7. The number of rotatable bonds is 6. The number of benzene rings is 1. The molecule has 0 fully saturated rings. The summed E-state index contributed by atoms with van der Waals surface area (Å²) in [6.07, 6.45) is 7.30. The Labute approximate surface area is 180 Å². The van der Waals surface area contributed by atoms with E-state index in [0.29, 0.717) is 12.4 Å². The van der Waals surface area contributed by atoms with Gasteiger partial charge in [-0.2, -0.15) is 0 Å². The summed E-state index contributed by atoms with van der Waals surface area (Å²) in [5.74, 6) is 1.59. The first-order valence-electron chi connectivity index (χ1n) is 10.4. The second-order valence-corrected chi connectivity index (χ2v) is 7.37. The smallest absolute Gasteiger partial charge is 0.251 e. The number of nitrogens with zero attached hydrogens (tertiary/aromatic N) is 5. The van der Waals surface area contributed by atoms with Gasteiger partial charge in [-0.25, -0.2) is 15.0 Å². The SMILES string of the molecule is CCN(CC)c1ccc(Nc2ncc(-c3ccc4c(c3)CNC4=O)n3ccnc23)cn1. The van der Waals surface area contributed by atoms with Crippen molar-refractivity contribution in [2.45, 2.75) is 20.4 Å². The zero-order valence-electron chi connectivity index (χ0n) is 17.5. The topological polar surface area (TPSA) is 87.5 Å². The molecule has 3 aromatic heterocycles. The number of carbonyl (C=O) groups excluding carboxylic acids is 1. The molecule has 8 heteroatoms. The molecule has 31 heavy (non-hydrogen) atoms. The molecule has 156 valence electrons. The molecule has 0 radical (unpaired) electrons. The van der Waals surface area contributed by atoms with Crippen LogP contribution in [0.3, 0.4) is 0 Å².